The molecule has 3 heteroatoms. The van der Waals surface area contributed by atoms with Gasteiger partial charge in [-0.15, -0.1) is 0 Å². The van der Waals surface area contributed by atoms with Gasteiger partial charge in [0.2, 0.25) is 5.91 Å². The molecule has 0 aromatic rings. The van der Waals surface area contributed by atoms with Gasteiger partial charge in [-0.2, -0.15) is 0 Å². The molecule has 1 aliphatic heterocycles. The van der Waals surface area contributed by atoms with Crippen LogP contribution >= 0.6 is 0 Å². The first-order valence-corrected chi connectivity index (χ1v) is 3.72. The second-order valence-electron chi connectivity index (χ2n) is 2.63. The first-order valence-electron chi connectivity index (χ1n) is 3.72. The van der Waals surface area contributed by atoms with Crippen molar-refractivity contribution in [3.63, 3.8) is 0 Å². The number of hydrogen-bond acceptors (Lipinski definition) is 2. The molecule has 0 saturated carbocycles. The van der Waals surface area contributed by atoms with Gasteiger partial charge in [0, 0.05) is 20.2 Å². The summed E-state index contributed by atoms with van der Waals surface area (Å²) in [5, 5.41) is 0. The Hall–Kier alpha value is -0.830. The van der Waals surface area contributed by atoms with Crippen molar-refractivity contribution in [1.82, 2.24) is 4.90 Å². The molecule has 1 atom stereocenters. The van der Waals surface area contributed by atoms with Crippen molar-refractivity contribution < 1.29 is 9.53 Å². The number of carbonyl (C=O) groups is 1. The standard InChI is InChI=1S/C8H13NO2/c1-3-8(10)9-5-4-7(6-9)11-2/h3,7H,1,4-6H2,2H3. The van der Waals surface area contributed by atoms with E-state index >= 15 is 0 Å². The maximum absolute atomic E-state index is 11.0. The highest BCUT2D eigenvalue weighted by Gasteiger charge is 2.23. The Balaban J connectivity index is 2.41. The predicted octanol–water partition coefficient (Wildman–Crippen LogP) is 0.420. The number of rotatable bonds is 2. The zero-order chi connectivity index (χ0) is 8.27. The van der Waals surface area contributed by atoms with E-state index in [1.165, 1.54) is 6.08 Å². The molecule has 1 rings (SSSR count). The van der Waals surface area contributed by atoms with E-state index in [0.717, 1.165) is 13.0 Å². The Morgan fingerprint density at radius 1 is 1.82 bits per heavy atom. The summed E-state index contributed by atoms with van der Waals surface area (Å²) in [6.45, 7) is 4.93. The Labute approximate surface area is 66.6 Å². The van der Waals surface area contributed by atoms with Gasteiger partial charge in [-0.1, -0.05) is 6.58 Å². The maximum Gasteiger partial charge on any atom is 0.246 e. The molecule has 0 N–H and O–H groups in total. The molecule has 3 nitrogen and oxygen atoms in total. The van der Waals surface area contributed by atoms with Crippen molar-refractivity contribution in [3.8, 4) is 0 Å². The van der Waals surface area contributed by atoms with Crippen LogP contribution in [0.4, 0.5) is 0 Å². The van der Waals surface area contributed by atoms with Crippen molar-refractivity contribution in [3.05, 3.63) is 12.7 Å². The van der Waals surface area contributed by atoms with E-state index in [0.29, 0.717) is 6.54 Å². The number of likely N-dealkylation sites (tertiary alicyclic amines) is 1. The minimum Gasteiger partial charge on any atom is -0.380 e. The lowest BCUT2D eigenvalue weighted by atomic mass is 10.3. The van der Waals surface area contributed by atoms with Gasteiger partial charge < -0.3 is 9.64 Å². The number of ether oxygens (including phenoxy) is 1. The van der Waals surface area contributed by atoms with Crippen molar-refractivity contribution >= 4 is 5.91 Å². The normalized spacial score (nSPS) is 23.7. The summed E-state index contributed by atoms with van der Waals surface area (Å²) < 4.78 is 5.11. The molecule has 1 saturated heterocycles. The van der Waals surface area contributed by atoms with Crippen molar-refractivity contribution in [2.45, 2.75) is 12.5 Å². The summed E-state index contributed by atoms with van der Waals surface area (Å²) in [5.41, 5.74) is 0. The van der Waals surface area contributed by atoms with Gasteiger partial charge in [0.25, 0.3) is 0 Å². The van der Waals surface area contributed by atoms with E-state index in [1.54, 1.807) is 12.0 Å². The van der Waals surface area contributed by atoms with Crippen LogP contribution in [-0.2, 0) is 9.53 Å². The average molecular weight is 155 g/mol. The molecule has 0 aromatic carbocycles. The number of nitrogens with zero attached hydrogens (tertiary/aromatic N) is 1. The largest absolute Gasteiger partial charge is 0.380 e. The van der Waals surface area contributed by atoms with Crippen LogP contribution < -0.4 is 0 Å². The molecule has 0 bridgehead atoms. The molecular formula is C8H13NO2. The Morgan fingerprint density at radius 2 is 2.55 bits per heavy atom. The van der Waals surface area contributed by atoms with Gasteiger partial charge in [0.05, 0.1) is 6.10 Å². The van der Waals surface area contributed by atoms with Crippen molar-refractivity contribution in [1.29, 1.82) is 0 Å². The molecule has 0 aromatic heterocycles. The molecule has 0 aliphatic carbocycles. The van der Waals surface area contributed by atoms with Gasteiger partial charge in [-0.3, -0.25) is 4.79 Å². The number of carbonyl (C=O) groups excluding carboxylic acids is 1. The van der Waals surface area contributed by atoms with Gasteiger partial charge in [-0.25, -0.2) is 0 Å². The van der Waals surface area contributed by atoms with Crippen LogP contribution in [0.2, 0.25) is 0 Å². The summed E-state index contributed by atoms with van der Waals surface area (Å²) in [6, 6.07) is 0. The molecule has 1 fully saturated rings. The molecule has 0 radical (unpaired) electrons. The highest BCUT2D eigenvalue weighted by Crippen LogP contribution is 2.11. The third-order valence-corrected chi connectivity index (χ3v) is 1.96. The molecule has 1 amide bonds. The van der Waals surface area contributed by atoms with Crippen LogP contribution in [0.5, 0.6) is 0 Å². The lowest BCUT2D eigenvalue weighted by Gasteiger charge is -2.12. The van der Waals surface area contributed by atoms with E-state index in [9.17, 15) is 4.79 Å². The SMILES string of the molecule is C=CC(=O)N1CCC(OC)C1. The highest BCUT2D eigenvalue weighted by molar-refractivity contribution is 5.87. The third kappa shape index (κ3) is 1.80. The molecule has 1 heterocycles. The second-order valence-corrected chi connectivity index (χ2v) is 2.63. The number of methoxy groups -OCH3 is 1. The Morgan fingerprint density at radius 3 is 3.00 bits per heavy atom. The molecule has 0 spiro atoms. The quantitative estimate of drug-likeness (QED) is 0.541. The van der Waals surface area contributed by atoms with E-state index in [1.807, 2.05) is 0 Å². The van der Waals surface area contributed by atoms with Crippen LogP contribution in [0.3, 0.4) is 0 Å². The monoisotopic (exact) mass is 155 g/mol. The minimum atomic E-state index is 0.00421. The van der Waals surface area contributed by atoms with Crippen LogP contribution in [0, 0.1) is 0 Å². The molecule has 1 aliphatic rings. The van der Waals surface area contributed by atoms with Crippen LogP contribution in [0.15, 0.2) is 12.7 Å². The van der Waals surface area contributed by atoms with Crippen molar-refractivity contribution in [2.24, 2.45) is 0 Å². The summed E-state index contributed by atoms with van der Waals surface area (Å²) in [6.07, 6.45) is 2.51. The summed E-state index contributed by atoms with van der Waals surface area (Å²) in [4.78, 5) is 12.8. The summed E-state index contributed by atoms with van der Waals surface area (Å²) >= 11 is 0. The smallest absolute Gasteiger partial charge is 0.246 e. The zero-order valence-electron chi connectivity index (χ0n) is 6.75. The van der Waals surface area contributed by atoms with E-state index in [-0.39, 0.29) is 12.0 Å². The van der Waals surface area contributed by atoms with Gasteiger partial charge in [0.15, 0.2) is 0 Å². The first kappa shape index (κ1) is 8.27. The van der Waals surface area contributed by atoms with Gasteiger partial charge in [-0.05, 0) is 12.5 Å². The number of amides is 1. The summed E-state index contributed by atoms with van der Waals surface area (Å²) in [7, 11) is 1.67. The van der Waals surface area contributed by atoms with Gasteiger partial charge in [0.1, 0.15) is 0 Å². The number of hydrogen-bond donors (Lipinski definition) is 0. The lowest BCUT2D eigenvalue weighted by Crippen LogP contribution is -2.27. The molecule has 11 heavy (non-hydrogen) atoms. The molecular weight excluding hydrogens is 142 g/mol. The summed E-state index contributed by atoms with van der Waals surface area (Å²) in [5.74, 6) is 0.00421. The van der Waals surface area contributed by atoms with Crippen LogP contribution in [0.25, 0.3) is 0 Å². The lowest BCUT2D eigenvalue weighted by molar-refractivity contribution is -0.125. The maximum atomic E-state index is 11.0. The third-order valence-electron chi connectivity index (χ3n) is 1.96. The zero-order valence-corrected chi connectivity index (χ0v) is 6.75. The Kier molecular flexibility index (Phi) is 2.65. The van der Waals surface area contributed by atoms with Crippen LogP contribution in [0.1, 0.15) is 6.42 Å². The average Bonchev–Trinajstić information content (AvgIpc) is 2.50. The second kappa shape index (κ2) is 3.53. The van der Waals surface area contributed by atoms with Crippen LogP contribution in [-0.4, -0.2) is 37.1 Å². The fourth-order valence-corrected chi connectivity index (χ4v) is 1.25. The molecule has 62 valence electrons. The van der Waals surface area contributed by atoms with E-state index < -0.39 is 0 Å². The molecule has 1 unspecified atom stereocenters. The fraction of sp³-hybridized carbons (Fsp3) is 0.625. The highest BCUT2D eigenvalue weighted by atomic mass is 16.5. The first-order chi connectivity index (χ1) is 5.27. The van der Waals surface area contributed by atoms with Gasteiger partial charge >= 0.3 is 0 Å². The topological polar surface area (TPSA) is 29.5 Å². The van der Waals surface area contributed by atoms with E-state index in [2.05, 4.69) is 6.58 Å². The van der Waals surface area contributed by atoms with Crippen molar-refractivity contribution in [2.75, 3.05) is 20.2 Å². The fourth-order valence-electron chi connectivity index (χ4n) is 1.25. The predicted molar refractivity (Wildman–Crippen MR) is 42.2 cm³/mol. The Bertz CT molecular complexity index is 167. The minimum absolute atomic E-state index is 0.00421. The van der Waals surface area contributed by atoms with E-state index in [4.69, 9.17) is 4.74 Å².